The third-order valence-electron chi connectivity index (χ3n) is 4.01. The van der Waals surface area contributed by atoms with Crippen LogP contribution in [0.15, 0.2) is 29.1 Å². The number of primary amides is 2. The average molecular weight is 357 g/mol. The molecule has 0 aliphatic rings. The maximum absolute atomic E-state index is 14.3. The van der Waals surface area contributed by atoms with E-state index in [0.717, 1.165) is 6.07 Å². The van der Waals surface area contributed by atoms with Crippen molar-refractivity contribution >= 4 is 39.9 Å². The summed E-state index contributed by atoms with van der Waals surface area (Å²) >= 11 is 0. The average Bonchev–Trinajstić information content (AvgIpc) is 3.23. The number of fused-ring (bicyclic) bond motifs is 1. The molecule has 8 nitrogen and oxygen atoms in total. The number of hydrogen-bond donors (Lipinski definition) is 4. The molecule has 26 heavy (non-hydrogen) atoms. The van der Waals surface area contributed by atoms with Gasteiger partial charge < -0.3 is 22.1 Å². The normalized spacial score (nSPS) is 12.2. The van der Waals surface area contributed by atoms with Crippen LogP contribution in [0.2, 0.25) is 0 Å². The number of carbonyl (C=O) groups excluding carboxylic acids is 2. The van der Waals surface area contributed by atoms with Crippen LogP contribution in [-0.4, -0.2) is 22.8 Å². The van der Waals surface area contributed by atoms with E-state index in [-0.39, 0.29) is 22.6 Å². The molecule has 2 aromatic carbocycles. The van der Waals surface area contributed by atoms with Crippen molar-refractivity contribution in [3.8, 4) is 0 Å². The molecule has 3 rings (SSSR count). The number of amides is 2. The lowest BCUT2D eigenvalue weighted by Crippen LogP contribution is -2.35. The van der Waals surface area contributed by atoms with E-state index in [1.165, 1.54) is 0 Å². The molecule has 9 heteroatoms. The molecule has 0 fully saturated rings. The van der Waals surface area contributed by atoms with Crippen molar-refractivity contribution in [2.45, 2.75) is 19.4 Å². The summed E-state index contributed by atoms with van der Waals surface area (Å²) in [4.78, 5) is 38.4. The van der Waals surface area contributed by atoms with Crippen LogP contribution in [0, 0.1) is 5.82 Å². The Hall–Kier alpha value is -3.49. The zero-order valence-corrected chi connectivity index (χ0v) is 13.8. The number of rotatable bonds is 7. The van der Waals surface area contributed by atoms with Crippen LogP contribution in [0.5, 0.6) is 0 Å². The molecule has 1 unspecified atom stereocenters. The summed E-state index contributed by atoms with van der Waals surface area (Å²) in [6, 6.07) is 4.96. The van der Waals surface area contributed by atoms with Crippen molar-refractivity contribution in [1.29, 1.82) is 0 Å². The molecule has 0 radical (unpaired) electrons. The molecule has 2 amide bonds. The van der Waals surface area contributed by atoms with Gasteiger partial charge in [-0.15, -0.1) is 0 Å². The molecule has 1 aromatic heterocycles. The SMILES string of the molecule is CCC(Nc1nc(Nc2ccc3c(=O)c3c2)c(C(N)=O)cc1F)C(N)=O. The molecule has 0 bridgehead atoms. The minimum Gasteiger partial charge on any atom is -0.368 e. The van der Waals surface area contributed by atoms with E-state index in [1.54, 1.807) is 25.1 Å². The Bertz CT molecular complexity index is 1040. The summed E-state index contributed by atoms with van der Waals surface area (Å²) in [5.74, 6) is -2.64. The van der Waals surface area contributed by atoms with E-state index in [4.69, 9.17) is 11.5 Å². The summed E-state index contributed by atoms with van der Waals surface area (Å²) in [7, 11) is 0. The van der Waals surface area contributed by atoms with E-state index in [0.29, 0.717) is 22.9 Å². The second-order valence-electron chi connectivity index (χ2n) is 5.80. The van der Waals surface area contributed by atoms with Gasteiger partial charge in [0.2, 0.25) is 5.91 Å². The lowest BCUT2D eigenvalue weighted by molar-refractivity contribution is -0.118. The van der Waals surface area contributed by atoms with Crippen LogP contribution >= 0.6 is 0 Å². The van der Waals surface area contributed by atoms with Gasteiger partial charge in [0.1, 0.15) is 11.9 Å². The van der Waals surface area contributed by atoms with Crippen LogP contribution in [0.25, 0.3) is 10.8 Å². The number of benzene rings is 1. The first-order valence-electron chi connectivity index (χ1n) is 7.83. The number of carbonyl (C=O) groups is 2. The molecule has 0 aliphatic carbocycles. The predicted molar refractivity (Wildman–Crippen MR) is 95.5 cm³/mol. The summed E-state index contributed by atoms with van der Waals surface area (Å²) < 4.78 is 14.3. The third kappa shape index (κ3) is 3.18. The highest BCUT2D eigenvalue weighted by Crippen LogP contribution is 2.26. The molecule has 0 saturated carbocycles. The molecular weight excluding hydrogens is 341 g/mol. The number of nitrogens with two attached hydrogens (primary N) is 2. The van der Waals surface area contributed by atoms with Crippen LogP contribution < -0.4 is 27.5 Å². The van der Waals surface area contributed by atoms with Crippen LogP contribution in [0.3, 0.4) is 0 Å². The van der Waals surface area contributed by atoms with Gasteiger partial charge in [-0.3, -0.25) is 14.4 Å². The van der Waals surface area contributed by atoms with Gasteiger partial charge in [0, 0.05) is 16.5 Å². The minimum absolute atomic E-state index is 0.00577. The zero-order valence-electron chi connectivity index (χ0n) is 13.8. The van der Waals surface area contributed by atoms with Crippen molar-refractivity contribution in [2.24, 2.45) is 11.5 Å². The number of hydrogen-bond acceptors (Lipinski definition) is 6. The lowest BCUT2D eigenvalue weighted by atomic mass is 10.2. The Morgan fingerprint density at radius 2 is 1.92 bits per heavy atom. The molecule has 6 N–H and O–H groups in total. The third-order valence-corrected chi connectivity index (χ3v) is 4.01. The highest BCUT2D eigenvalue weighted by Gasteiger charge is 2.20. The standard InChI is InChI=1S/C17H16FN5O3/c1-2-12(15(20)26)22-17-11(18)6-10(14(19)25)16(23-17)21-7-3-4-8-9(5-7)13(8)24/h3-6,12H,2H2,1H3,(H2,19,25)(H2,20,26)(H2,21,22,23). The predicted octanol–water partition coefficient (Wildman–Crippen LogP) is 1.13. The van der Waals surface area contributed by atoms with Crippen molar-refractivity contribution in [1.82, 2.24) is 4.98 Å². The van der Waals surface area contributed by atoms with Gasteiger partial charge in [-0.05, 0) is 30.7 Å². The molecule has 3 aromatic rings. The van der Waals surface area contributed by atoms with E-state index in [2.05, 4.69) is 15.6 Å². The van der Waals surface area contributed by atoms with Gasteiger partial charge in [0.15, 0.2) is 17.1 Å². The molecule has 0 aliphatic heterocycles. The van der Waals surface area contributed by atoms with Crippen LogP contribution in [0.1, 0.15) is 23.7 Å². The Morgan fingerprint density at radius 3 is 2.50 bits per heavy atom. The van der Waals surface area contributed by atoms with Gasteiger partial charge >= 0.3 is 0 Å². The fourth-order valence-corrected chi connectivity index (χ4v) is 2.51. The van der Waals surface area contributed by atoms with E-state index < -0.39 is 23.7 Å². The van der Waals surface area contributed by atoms with Crippen molar-refractivity contribution in [3.05, 3.63) is 45.9 Å². The Kier molecular flexibility index (Phi) is 4.29. The number of halogens is 1. The number of nitrogens with zero attached hydrogens (tertiary/aromatic N) is 1. The highest BCUT2D eigenvalue weighted by molar-refractivity contribution is 6.01. The molecule has 1 atom stereocenters. The van der Waals surface area contributed by atoms with Gasteiger partial charge in [-0.2, -0.15) is 0 Å². The number of anilines is 3. The molecule has 0 saturated heterocycles. The zero-order chi connectivity index (χ0) is 19.0. The molecule has 1 heterocycles. The van der Waals surface area contributed by atoms with E-state index in [1.807, 2.05) is 0 Å². The maximum atomic E-state index is 14.3. The van der Waals surface area contributed by atoms with E-state index in [9.17, 15) is 18.8 Å². The Morgan fingerprint density at radius 1 is 1.19 bits per heavy atom. The Balaban J connectivity index is 1.98. The number of pyridine rings is 1. The second-order valence-corrected chi connectivity index (χ2v) is 5.80. The molecule has 134 valence electrons. The first kappa shape index (κ1) is 17.3. The van der Waals surface area contributed by atoms with Crippen LogP contribution in [0.4, 0.5) is 21.7 Å². The van der Waals surface area contributed by atoms with Crippen molar-refractivity contribution < 1.29 is 14.0 Å². The quantitative estimate of drug-likeness (QED) is 0.500. The highest BCUT2D eigenvalue weighted by atomic mass is 19.1. The smallest absolute Gasteiger partial charge is 0.252 e. The van der Waals surface area contributed by atoms with Gasteiger partial charge in [0.05, 0.1) is 5.56 Å². The van der Waals surface area contributed by atoms with Gasteiger partial charge in [-0.25, -0.2) is 9.37 Å². The number of nitrogens with one attached hydrogen (secondary N) is 2. The summed E-state index contributed by atoms with van der Waals surface area (Å²) in [5, 5.41) is 6.66. The minimum atomic E-state index is -0.879. The summed E-state index contributed by atoms with van der Waals surface area (Å²) in [5.41, 5.74) is 10.8. The topological polar surface area (TPSA) is 140 Å². The Labute approximate surface area is 147 Å². The summed E-state index contributed by atoms with van der Waals surface area (Å²) in [6.45, 7) is 1.70. The largest absolute Gasteiger partial charge is 0.368 e. The lowest BCUT2D eigenvalue weighted by Gasteiger charge is -2.17. The van der Waals surface area contributed by atoms with Crippen LogP contribution in [-0.2, 0) is 4.79 Å². The first-order valence-corrected chi connectivity index (χ1v) is 7.83. The van der Waals surface area contributed by atoms with Gasteiger partial charge in [-0.1, -0.05) is 6.92 Å². The van der Waals surface area contributed by atoms with Crippen molar-refractivity contribution in [3.63, 3.8) is 0 Å². The number of aromatic nitrogens is 1. The molecular formula is C17H16FN5O3. The first-order chi connectivity index (χ1) is 12.3. The van der Waals surface area contributed by atoms with Crippen molar-refractivity contribution in [2.75, 3.05) is 10.6 Å². The fraction of sp³-hybridized carbons (Fsp3) is 0.176. The summed E-state index contributed by atoms with van der Waals surface area (Å²) in [6.07, 6.45) is 0.323. The monoisotopic (exact) mass is 357 g/mol. The molecule has 0 spiro atoms. The maximum Gasteiger partial charge on any atom is 0.252 e. The fourth-order valence-electron chi connectivity index (χ4n) is 2.51. The van der Waals surface area contributed by atoms with Gasteiger partial charge in [0.25, 0.3) is 5.91 Å². The second kappa shape index (κ2) is 6.43. The van der Waals surface area contributed by atoms with E-state index >= 15 is 0 Å².